The van der Waals surface area contributed by atoms with Crippen molar-refractivity contribution in [3.05, 3.63) is 131 Å². The van der Waals surface area contributed by atoms with Crippen molar-refractivity contribution < 1.29 is 20.8 Å². The van der Waals surface area contributed by atoms with E-state index in [4.69, 9.17) is 17.0 Å². The summed E-state index contributed by atoms with van der Waals surface area (Å²) >= 11 is -0.826. The zero-order valence-electron chi connectivity index (χ0n) is 29.8. The molecule has 0 amide bonds. The Bertz CT molecular complexity index is 1610. The van der Waals surface area contributed by atoms with Gasteiger partial charge in [-0.25, -0.2) is 0 Å². The summed E-state index contributed by atoms with van der Waals surface area (Å²) in [7, 11) is 11.0. The molecule has 0 spiro atoms. The molecule has 0 aromatic heterocycles. The first-order chi connectivity index (χ1) is 23.5. The van der Waals surface area contributed by atoms with Crippen LogP contribution in [0, 0.1) is 0 Å². The Kier molecular flexibility index (Phi) is 18.8. The first kappa shape index (κ1) is 40.2. The first-order valence-corrected chi connectivity index (χ1v) is 25.9. The predicted molar refractivity (Wildman–Crippen MR) is 215 cm³/mol. The molecule has 0 atom stereocenters. The number of aryl methyl sites for hydroxylation is 4. The molecular weight excluding hydrogens is 719 g/mol. The van der Waals surface area contributed by atoms with Crippen molar-refractivity contribution in [2.24, 2.45) is 0 Å². The number of hydrogen-bond donors (Lipinski definition) is 0. The van der Waals surface area contributed by atoms with Crippen molar-refractivity contribution in [1.29, 1.82) is 0 Å². The van der Waals surface area contributed by atoms with E-state index < -0.39 is 20.8 Å². The summed E-state index contributed by atoms with van der Waals surface area (Å²) in [5.74, 6) is 0. The molecular formula is C44H52Cl2SiZr. The van der Waals surface area contributed by atoms with Crippen LogP contribution in [0.2, 0.25) is 13.1 Å². The van der Waals surface area contributed by atoms with Crippen LogP contribution < -0.4 is 0 Å². The molecule has 6 aromatic carbocycles. The van der Waals surface area contributed by atoms with Gasteiger partial charge in [0.2, 0.25) is 0 Å². The van der Waals surface area contributed by atoms with Gasteiger partial charge in [0.1, 0.15) is 0 Å². The Morgan fingerprint density at radius 1 is 0.521 bits per heavy atom. The van der Waals surface area contributed by atoms with E-state index in [-0.39, 0.29) is 0 Å². The Hall–Kier alpha value is -2.22. The van der Waals surface area contributed by atoms with Crippen LogP contribution in [0.4, 0.5) is 0 Å². The van der Waals surface area contributed by atoms with Gasteiger partial charge in [-0.3, -0.25) is 0 Å². The van der Waals surface area contributed by atoms with Gasteiger partial charge in [-0.05, 0) is 47.9 Å². The van der Waals surface area contributed by atoms with Crippen LogP contribution in [0.1, 0.15) is 75.6 Å². The number of hydrogen-bond acceptors (Lipinski definition) is 0. The van der Waals surface area contributed by atoms with E-state index >= 15 is 0 Å². The third-order valence-corrected chi connectivity index (χ3v) is 8.31. The summed E-state index contributed by atoms with van der Waals surface area (Å²) in [4.78, 5) is 0. The minimum atomic E-state index is -0.826. The molecule has 0 aliphatic heterocycles. The summed E-state index contributed by atoms with van der Waals surface area (Å²) in [6.45, 7) is 13.2. The molecule has 0 fully saturated rings. The summed E-state index contributed by atoms with van der Waals surface area (Å²) in [6.07, 6.45) is 9.50. The molecule has 0 aliphatic rings. The van der Waals surface area contributed by atoms with E-state index in [0.717, 1.165) is 9.52 Å². The van der Waals surface area contributed by atoms with Crippen molar-refractivity contribution in [2.45, 2.75) is 92.2 Å². The van der Waals surface area contributed by atoms with Crippen LogP contribution in [0.3, 0.4) is 0 Å². The van der Waals surface area contributed by atoms with E-state index in [1.54, 1.807) is 0 Å². The van der Waals surface area contributed by atoms with Crippen molar-refractivity contribution in [1.82, 2.24) is 0 Å². The minimum absolute atomic E-state index is 0.826. The van der Waals surface area contributed by atoms with E-state index in [1.165, 1.54) is 117 Å². The fraction of sp³-hybridized carbons (Fsp3) is 0.318. The van der Waals surface area contributed by atoms with Crippen molar-refractivity contribution in [2.75, 3.05) is 0 Å². The van der Waals surface area contributed by atoms with E-state index in [2.05, 4.69) is 150 Å². The SMILES string of the molecule is CCCc1ccc(-c2cccc3[cH-]c(CCC)cc23)cc1.CCCc1ccc(-c2cccc3[cH-]c(CCC)cc23)cc1.C[Si]C.[Cl][Zr+2][Cl]. The van der Waals surface area contributed by atoms with Crippen LogP contribution in [0.15, 0.2) is 109 Å². The summed E-state index contributed by atoms with van der Waals surface area (Å²) in [6, 6.07) is 40.9. The third kappa shape index (κ3) is 12.0. The molecule has 6 rings (SSSR count). The van der Waals surface area contributed by atoms with Crippen LogP contribution in [0.25, 0.3) is 43.8 Å². The summed E-state index contributed by atoms with van der Waals surface area (Å²) < 4.78 is 0. The third-order valence-electron chi connectivity index (χ3n) is 8.31. The molecule has 0 bridgehead atoms. The van der Waals surface area contributed by atoms with Crippen molar-refractivity contribution in [3.63, 3.8) is 0 Å². The molecule has 0 heterocycles. The van der Waals surface area contributed by atoms with Gasteiger partial charge in [0.25, 0.3) is 0 Å². The molecule has 0 aliphatic carbocycles. The standard InChI is InChI=1S/2C21H23.C2H6Si.2ClH.Zr/c2*1-3-6-16-10-12-18(13-11-16)20-9-5-8-19-14-17(7-4-2)15-21(19)20;1-3-2;;;/h2*5,8-15H,3-4,6-7H2,1-2H3;1-2H3;2*1H;/q2*-1;;;;+4/p-2. The van der Waals surface area contributed by atoms with Gasteiger partial charge in [0, 0.05) is 9.52 Å². The van der Waals surface area contributed by atoms with Gasteiger partial charge in [-0.15, -0.1) is 69.1 Å². The van der Waals surface area contributed by atoms with Crippen LogP contribution in [-0.2, 0) is 46.5 Å². The Labute approximate surface area is 312 Å². The fourth-order valence-electron chi connectivity index (χ4n) is 6.24. The normalized spacial score (nSPS) is 10.3. The molecule has 250 valence electrons. The van der Waals surface area contributed by atoms with Crippen molar-refractivity contribution >= 4 is 48.1 Å². The average molecular weight is 771 g/mol. The second-order valence-corrected chi connectivity index (χ2v) is 17.0. The zero-order valence-corrected chi connectivity index (χ0v) is 34.8. The molecule has 4 heteroatoms. The van der Waals surface area contributed by atoms with Gasteiger partial charge < -0.3 is 0 Å². The number of benzene rings is 4. The molecule has 0 unspecified atom stereocenters. The van der Waals surface area contributed by atoms with E-state index in [0.29, 0.717) is 0 Å². The monoisotopic (exact) mass is 768 g/mol. The van der Waals surface area contributed by atoms with E-state index in [9.17, 15) is 0 Å². The van der Waals surface area contributed by atoms with Crippen LogP contribution >= 0.6 is 17.0 Å². The fourth-order valence-corrected chi connectivity index (χ4v) is 6.24. The molecule has 48 heavy (non-hydrogen) atoms. The summed E-state index contributed by atoms with van der Waals surface area (Å²) in [5.41, 5.74) is 11.2. The molecule has 0 nitrogen and oxygen atoms in total. The molecule has 6 aromatic rings. The quantitative estimate of drug-likeness (QED) is 0.0961. The second kappa shape index (κ2) is 22.5. The second-order valence-electron chi connectivity index (χ2n) is 12.3. The Balaban J connectivity index is 0.000000224. The molecule has 0 N–H and O–H groups in total. The molecule has 2 radical (unpaired) electrons. The van der Waals surface area contributed by atoms with Crippen LogP contribution in [-0.4, -0.2) is 9.52 Å². The Morgan fingerprint density at radius 3 is 1.17 bits per heavy atom. The predicted octanol–water partition coefficient (Wildman–Crippen LogP) is 14.4. The Morgan fingerprint density at radius 2 is 0.854 bits per heavy atom. The van der Waals surface area contributed by atoms with Gasteiger partial charge in [-0.1, -0.05) is 138 Å². The first-order valence-electron chi connectivity index (χ1n) is 17.6. The van der Waals surface area contributed by atoms with E-state index in [1.807, 2.05) is 0 Å². The van der Waals surface area contributed by atoms with Gasteiger partial charge in [0.05, 0.1) is 0 Å². The zero-order chi connectivity index (χ0) is 34.7. The molecule has 0 saturated carbocycles. The van der Waals surface area contributed by atoms with Gasteiger partial charge >= 0.3 is 37.9 Å². The topological polar surface area (TPSA) is 0 Å². The number of halogens is 2. The number of rotatable bonds is 10. The van der Waals surface area contributed by atoms with Gasteiger partial charge in [0.15, 0.2) is 0 Å². The molecule has 0 saturated heterocycles. The van der Waals surface area contributed by atoms with Crippen LogP contribution in [0.5, 0.6) is 0 Å². The maximum atomic E-state index is 4.93. The maximum absolute atomic E-state index is 4.93. The van der Waals surface area contributed by atoms with Crippen molar-refractivity contribution in [3.8, 4) is 22.3 Å². The number of fused-ring (bicyclic) bond motifs is 2. The summed E-state index contributed by atoms with van der Waals surface area (Å²) in [5, 5.41) is 5.52. The van der Waals surface area contributed by atoms with Gasteiger partial charge in [-0.2, -0.15) is 12.1 Å². The average Bonchev–Trinajstić information content (AvgIpc) is 3.71.